The SMILES string of the molecule is CC(=O)CC(=O)Nc1ccc2[nH]c(=O)c(=O)[nH]c2c1. The van der Waals surface area contributed by atoms with E-state index in [0.29, 0.717) is 16.7 Å². The van der Waals surface area contributed by atoms with E-state index in [1.54, 1.807) is 12.1 Å². The first-order valence-corrected chi connectivity index (χ1v) is 5.51. The molecule has 2 aromatic rings. The number of amides is 1. The van der Waals surface area contributed by atoms with Crippen molar-refractivity contribution in [1.82, 2.24) is 9.97 Å². The molecule has 7 nitrogen and oxygen atoms in total. The maximum absolute atomic E-state index is 11.4. The van der Waals surface area contributed by atoms with Crippen molar-refractivity contribution in [2.45, 2.75) is 13.3 Å². The maximum atomic E-state index is 11.4. The molecule has 0 aliphatic heterocycles. The summed E-state index contributed by atoms with van der Waals surface area (Å²) in [5, 5.41) is 2.53. The van der Waals surface area contributed by atoms with Gasteiger partial charge in [0, 0.05) is 5.69 Å². The lowest BCUT2D eigenvalue weighted by Gasteiger charge is -2.05. The molecule has 1 aromatic carbocycles. The molecule has 0 spiro atoms. The van der Waals surface area contributed by atoms with Crippen molar-refractivity contribution in [2.24, 2.45) is 0 Å². The van der Waals surface area contributed by atoms with E-state index >= 15 is 0 Å². The molecule has 2 rings (SSSR count). The Morgan fingerprint density at radius 1 is 1.11 bits per heavy atom. The Balaban J connectivity index is 2.34. The summed E-state index contributed by atoms with van der Waals surface area (Å²) in [5.41, 5.74) is -0.221. The highest BCUT2D eigenvalue weighted by atomic mass is 16.2. The monoisotopic (exact) mass is 261 g/mol. The molecule has 19 heavy (non-hydrogen) atoms. The fraction of sp³-hybridized carbons (Fsp3) is 0.167. The molecule has 1 amide bonds. The number of aromatic amines is 2. The average molecular weight is 261 g/mol. The van der Waals surface area contributed by atoms with Gasteiger partial charge in [0.15, 0.2) is 0 Å². The number of carbonyl (C=O) groups excluding carboxylic acids is 2. The molecule has 0 unspecified atom stereocenters. The second-order valence-electron chi connectivity index (χ2n) is 4.10. The number of rotatable bonds is 3. The van der Waals surface area contributed by atoms with Crippen molar-refractivity contribution in [3.63, 3.8) is 0 Å². The Labute approximate surface area is 106 Å². The normalized spacial score (nSPS) is 10.4. The highest BCUT2D eigenvalue weighted by molar-refractivity contribution is 6.04. The van der Waals surface area contributed by atoms with Crippen molar-refractivity contribution in [3.05, 3.63) is 38.9 Å². The van der Waals surface area contributed by atoms with Gasteiger partial charge in [0.1, 0.15) is 5.78 Å². The third kappa shape index (κ3) is 2.95. The standard InChI is InChI=1S/C12H11N3O4/c1-6(16)4-10(17)13-7-2-3-8-9(5-7)15-12(19)11(18)14-8/h2-3,5H,4H2,1H3,(H,13,17)(H,14,18)(H,15,19). The van der Waals surface area contributed by atoms with Crippen LogP contribution in [-0.2, 0) is 9.59 Å². The van der Waals surface area contributed by atoms with E-state index in [-0.39, 0.29) is 12.2 Å². The fourth-order valence-corrected chi connectivity index (χ4v) is 1.62. The van der Waals surface area contributed by atoms with Gasteiger partial charge >= 0.3 is 11.1 Å². The largest absolute Gasteiger partial charge is 0.326 e. The summed E-state index contributed by atoms with van der Waals surface area (Å²) in [5.74, 6) is -0.672. The summed E-state index contributed by atoms with van der Waals surface area (Å²) in [4.78, 5) is 49.3. The molecule has 0 radical (unpaired) electrons. The Morgan fingerprint density at radius 3 is 2.37 bits per heavy atom. The van der Waals surface area contributed by atoms with Crippen molar-refractivity contribution >= 4 is 28.4 Å². The van der Waals surface area contributed by atoms with E-state index in [1.807, 2.05) is 0 Å². The number of carbonyl (C=O) groups is 2. The molecule has 0 fully saturated rings. The Hall–Kier alpha value is -2.70. The first-order chi connectivity index (χ1) is 8.95. The zero-order valence-corrected chi connectivity index (χ0v) is 10.1. The molecule has 0 saturated carbocycles. The molecule has 3 N–H and O–H groups in total. The zero-order chi connectivity index (χ0) is 14.0. The summed E-state index contributed by atoms with van der Waals surface area (Å²) >= 11 is 0. The van der Waals surface area contributed by atoms with Gasteiger partial charge in [-0.05, 0) is 25.1 Å². The van der Waals surface area contributed by atoms with Gasteiger partial charge in [-0.25, -0.2) is 0 Å². The van der Waals surface area contributed by atoms with Crippen LogP contribution in [0.4, 0.5) is 5.69 Å². The van der Waals surface area contributed by atoms with Gasteiger partial charge in [0.25, 0.3) is 0 Å². The van der Waals surface area contributed by atoms with E-state index in [4.69, 9.17) is 0 Å². The first-order valence-electron chi connectivity index (χ1n) is 5.51. The number of Topliss-reactive ketones (excluding diaryl/α,β-unsaturated/α-hetero) is 1. The molecule has 0 aliphatic carbocycles. The van der Waals surface area contributed by atoms with Crippen LogP contribution in [-0.4, -0.2) is 21.7 Å². The fourth-order valence-electron chi connectivity index (χ4n) is 1.62. The molecular weight excluding hydrogens is 250 g/mol. The molecule has 0 saturated heterocycles. The zero-order valence-electron chi connectivity index (χ0n) is 10.1. The van der Waals surface area contributed by atoms with Gasteiger partial charge in [-0.2, -0.15) is 0 Å². The summed E-state index contributed by atoms with van der Waals surface area (Å²) in [6.45, 7) is 1.32. The molecule has 1 heterocycles. The highest BCUT2D eigenvalue weighted by Gasteiger charge is 2.06. The van der Waals surface area contributed by atoms with Crippen molar-refractivity contribution in [3.8, 4) is 0 Å². The van der Waals surface area contributed by atoms with Gasteiger partial charge < -0.3 is 15.3 Å². The second kappa shape index (κ2) is 4.89. The number of nitrogens with one attached hydrogen (secondary N) is 3. The number of anilines is 1. The Morgan fingerprint density at radius 2 is 1.74 bits per heavy atom. The van der Waals surface area contributed by atoms with Crippen molar-refractivity contribution in [2.75, 3.05) is 5.32 Å². The molecule has 7 heteroatoms. The van der Waals surface area contributed by atoms with Crippen LogP contribution >= 0.6 is 0 Å². The lowest BCUT2D eigenvalue weighted by molar-refractivity contribution is -0.124. The van der Waals surface area contributed by atoms with Crippen LogP contribution in [0.1, 0.15) is 13.3 Å². The van der Waals surface area contributed by atoms with Crippen LogP contribution < -0.4 is 16.4 Å². The minimum atomic E-state index is -0.764. The van der Waals surface area contributed by atoms with E-state index in [2.05, 4.69) is 15.3 Å². The summed E-state index contributed by atoms with van der Waals surface area (Å²) in [7, 11) is 0. The van der Waals surface area contributed by atoms with Crippen LogP contribution in [0.5, 0.6) is 0 Å². The third-order valence-electron chi connectivity index (χ3n) is 2.42. The van der Waals surface area contributed by atoms with Crippen LogP contribution in [0.3, 0.4) is 0 Å². The molecule has 0 atom stereocenters. The molecular formula is C12H11N3O4. The highest BCUT2D eigenvalue weighted by Crippen LogP contribution is 2.13. The van der Waals surface area contributed by atoms with Gasteiger partial charge in [0.05, 0.1) is 17.5 Å². The molecule has 98 valence electrons. The van der Waals surface area contributed by atoms with Crippen molar-refractivity contribution < 1.29 is 9.59 Å². The summed E-state index contributed by atoms with van der Waals surface area (Å²) in [6, 6.07) is 4.62. The summed E-state index contributed by atoms with van der Waals surface area (Å²) in [6.07, 6.45) is -0.208. The molecule has 0 bridgehead atoms. The predicted molar refractivity (Wildman–Crippen MR) is 69.1 cm³/mol. The molecule has 1 aromatic heterocycles. The van der Waals surface area contributed by atoms with Gasteiger partial charge in [-0.3, -0.25) is 19.2 Å². The topological polar surface area (TPSA) is 112 Å². The maximum Gasteiger partial charge on any atom is 0.314 e. The van der Waals surface area contributed by atoms with E-state index < -0.39 is 17.0 Å². The Bertz CT molecular complexity index is 772. The molecule has 0 aliphatic rings. The van der Waals surface area contributed by atoms with E-state index in [0.717, 1.165) is 0 Å². The van der Waals surface area contributed by atoms with Gasteiger partial charge in [0.2, 0.25) is 5.91 Å². The third-order valence-corrected chi connectivity index (χ3v) is 2.42. The number of hydrogen-bond donors (Lipinski definition) is 3. The second-order valence-corrected chi connectivity index (χ2v) is 4.10. The number of fused-ring (bicyclic) bond motifs is 1. The quantitative estimate of drug-likeness (QED) is 0.538. The smallest absolute Gasteiger partial charge is 0.314 e. The van der Waals surface area contributed by atoms with Gasteiger partial charge in [-0.1, -0.05) is 0 Å². The first kappa shape index (κ1) is 12.7. The number of hydrogen-bond acceptors (Lipinski definition) is 4. The number of benzene rings is 1. The number of aromatic nitrogens is 2. The minimum absolute atomic E-state index is 0.208. The minimum Gasteiger partial charge on any atom is -0.326 e. The number of ketones is 1. The van der Waals surface area contributed by atoms with E-state index in [9.17, 15) is 19.2 Å². The van der Waals surface area contributed by atoms with Crippen molar-refractivity contribution in [1.29, 1.82) is 0 Å². The lowest BCUT2D eigenvalue weighted by atomic mass is 10.2. The predicted octanol–water partition coefficient (Wildman–Crippen LogP) is 0.134. The van der Waals surface area contributed by atoms with Gasteiger partial charge in [-0.15, -0.1) is 0 Å². The van der Waals surface area contributed by atoms with Crippen LogP contribution in [0.2, 0.25) is 0 Å². The van der Waals surface area contributed by atoms with Crippen LogP contribution in [0.25, 0.3) is 11.0 Å². The Kier molecular flexibility index (Phi) is 3.28. The average Bonchev–Trinajstić information content (AvgIpc) is 2.30. The van der Waals surface area contributed by atoms with E-state index in [1.165, 1.54) is 13.0 Å². The lowest BCUT2D eigenvalue weighted by Crippen LogP contribution is -2.28. The van der Waals surface area contributed by atoms with Crippen LogP contribution in [0.15, 0.2) is 27.8 Å². The number of H-pyrrole nitrogens is 2. The van der Waals surface area contributed by atoms with Crippen LogP contribution in [0, 0.1) is 0 Å². The summed E-state index contributed by atoms with van der Waals surface area (Å²) < 4.78 is 0.